The molecule has 5 nitrogen and oxygen atoms in total. The molecule has 0 radical (unpaired) electrons. The van der Waals surface area contributed by atoms with Crippen molar-refractivity contribution in [3.8, 4) is 0 Å². The number of amides is 1. The molecule has 2 aromatic carbocycles. The van der Waals surface area contributed by atoms with Crippen molar-refractivity contribution in [2.75, 3.05) is 5.32 Å². The van der Waals surface area contributed by atoms with E-state index in [-0.39, 0.29) is 5.91 Å². The monoisotopic (exact) mass is 406 g/mol. The second kappa shape index (κ2) is 7.09. The van der Waals surface area contributed by atoms with Crippen LogP contribution < -0.4 is 5.32 Å². The molecule has 0 bridgehead atoms. The summed E-state index contributed by atoms with van der Waals surface area (Å²) in [5, 5.41) is 11.4. The fourth-order valence-electron chi connectivity index (χ4n) is 2.77. The Kier molecular flexibility index (Phi) is 4.50. The van der Waals surface area contributed by atoms with E-state index in [1.54, 1.807) is 6.07 Å². The summed E-state index contributed by atoms with van der Waals surface area (Å²) >= 11 is 3.38. The van der Waals surface area contributed by atoms with E-state index in [2.05, 4.69) is 31.4 Å². The summed E-state index contributed by atoms with van der Waals surface area (Å²) in [7, 11) is 0. The van der Waals surface area contributed by atoms with Crippen molar-refractivity contribution in [2.24, 2.45) is 0 Å². The van der Waals surface area contributed by atoms with E-state index >= 15 is 0 Å². The average Bonchev–Trinajstić information content (AvgIpc) is 3.07. The van der Waals surface area contributed by atoms with Crippen molar-refractivity contribution in [1.29, 1.82) is 0 Å². The predicted octanol–water partition coefficient (Wildman–Crippen LogP) is 4.33. The molecule has 2 aromatic heterocycles. The highest BCUT2D eigenvalue weighted by Gasteiger charge is 2.15. The van der Waals surface area contributed by atoms with E-state index in [9.17, 15) is 4.79 Å². The molecule has 26 heavy (non-hydrogen) atoms. The molecule has 2 heterocycles. The molecule has 0 unspecified atom stereocenters. The number of pyridine rings is 1. The van der Waals surface area contributed by atoms with Gasteiger partial charge in [-0.2, -0.15) is 0 Å². The van der Waals surface area contributed by atoms with Crippen LogP contribution >= 0.6 is 15.9 Å². The third-order valence-electron chi connectivity index (χ3n) is 4.06. The number of benzene rings is 2. The molecule has 0 aliphatic heterocycles. The molecule has 6 heteroatoms. The number of hydrogen-bond acceptors (Lipinski definition) is 3. The number of rotatable bonds is 4. The van der Waals surface area contributed by atoms with Gasteiger partial charge in [0.2, 0.25) is 0 Å². The number of nitrogens with one attached hydrogen (secondary N) is 1. The Hall–Kier alpha value is -2.99. The third kappa shape index (κ3) is 3.36. The van der Waals surface area contributed by atoms with Gasteiger partial charge in [0.05, 0.1) is 5.56 Å². The van der Waals surface area contributed by atoms with Gasteiger partial charge in [-0.3, -0.25) is 9.20 Å². The van der Waals surface area contributed by atoms with Crippen molar-refractivity contribution in [3.63, 3.8) is 0 Å². The van der Waals surface area contributed by atoms with Crippen LogP contribution in [0.3, 0.4) is 0 Å². The Morgan fingerprint density at radius 2 is 1.73 bits per heavy atom. The zero-order valence-corrected chi connectivity index (χ0v) is 15.3. The molecule has 0 spiro atoms. The maximum Gasteiger partial charge on any atom is 0.259 e. The van der Waals surface area contributed by atoms with Gasteiger partial charge in [0.15, 0.2) is 5.65 Å². The van der Waals surface area contributed by atoms with Crippen LogP contribution in [0.25, 0.3) is 5.65 Å². The van der Waals surface area contributed by atoms with Crippen molar-refractivity contribution in [3.05, 3.63) is 94.4 Å². The Bertz CT molecular complexity index is 1060. The summed E-state index contributed by atoms with van der Waals surface area (Å²) in [6.07, 6.45) is 2.53. The number of carbonyl (C=O) groups is 1. The lowest BCUT2D eigenvalue weighted by atomic mass is 10.1. The minimum absolute atomic E-state index is 0.211. The lowest BCUT2D eigenvalue weighted by Gasteiger charge is -2.07. The van der Waals surface area contributed by atoms with Gasteiger partial charge in [0.25, 0.3) is 5.91 Å². The summed E-state index contributed by atoms with van der Waals surface area (Å²) in [5.41, 5.74) is 2.91. The summed E-state index contributed by atoms with van der Waals surface area (Å²) in [5.74, 6) is 0.584. The predicted molar refractivity (Wildman–Crippen MR) is 104 cm³/mol. The van der Waals surface area contributed by atoms with Crippen molar-refractivity contribution in [1.82, 2.24) is 14.6 Å². The number of anilines is 1. The quantitative estimate of drug-likeness (QED) is 0.548. The topological polar surface area (TPSA) is 59.3 Å². The molecule has 0 saturated heterocycles. The molecular weight excluding hydrogens is 392 g/mol. The standard InChI is InChI=1S/C20H15BrN4O/c21-15-8-10-16(11-9-15)22-20(26)17-7-4-12-25-18(23-24-19(17)25)13-14-5-2-1-3-6-14/h1-12H,13H2,(H,22,26). The summed E-state index contributed by atoms with van der Waals surface area (Å²) in [6, 6.07) is 21.1. The van der Waals surface area contributed by atoms with E-state index in [0.29, 0.717) is 17.6 Å². The molecule has 4 aromatic rings. The van der Waals surface area contributed by atoms with Gasteiger partial charge in [-0.05, 0) is 42.0 Å². The zero-order chi connectivity index (χ0) is 17.9. The third-order valence-corrected chi connectivity index (χ3v) is 4.59. The van der Waals surface area contributed by atoms with E-state index < -0.39 is 0 Å². The van der Waals surface area contributed by atoms with Gasteiger partial charge >= 0.3 is 0 Å². The Morgan fingerprint density at radius 3 is 2.50 bits per heavy atom. The molecule has 4 rings (SSSR count). The highest BCUT2D eigenvalue weighted by molar-refractivity contribution is 9.10. The Morgan fingerprint density at radius 1 is 0.962 bits per heavy atom. The Labute approximate surface area is 158 Å². The lowest BCUT2D eigenvalue weighted by molar-refractivity contribution is 0.102. The largest absolute Gasteiger partial charge is 0.322 e. The first kappa shape index (κ1) is 16.5. The molecule has 1 amide bonds. The van der Waals surface area contributed by atoms with Crippen molar-refractivity contribution in [2.45, 2.75) is 6.42 Å². The van der Waals surface area contributed by atoms with Crippen LogP contribution in [0.5, 0.6) is 0 Å². The molecule has 0 aliphatic carbocycles. The van der Waals surface area contributed by atoms with E-state index in [1.165, 1.54) is 0 Å². The van der Waals surface area contributed by atoms with Crippen LogP contribution in [0.1, 0.15) is 21.7 Å². The van der Waals surface area contributed by atoms with Crippen LogP contribution in [0, 0.1) is 0 Å². The summed E-state index contributed by atoms with van der Waals surface area (Å²) < 4.78 is 2.82. The summed E-state index contributed by atoms with van der Waals surface area (Å²) in [4.78, 5) is 12.7. The molecule has 0 fully saturated rings. The van der Waals surface area contributed by atoms with Crippen LogP contribution in [0.2, 0.25) is 0 Å². The van der Waals surface area contributed by atoms with Crippen LogP contribution in [-0.4, -0.2) is 20.5 Å². The number of nitrogens with zero attached hydrogens (tertiary/aromatic N) is 3. The maximum absolute atomic E-state index is 12.7. The zero-order valence-electron chi connectivity index (χ0n) is 13.8. The lowest BCUT2D eigenvalue weighted by Crippen LogP contribution is -2.13. The first-order chi connectivity index (χ1) is 12.7. The fraction of sp³-hybridized carbons (Fsp3) is 0.0500. The minimum atomic E-state index is -0.211. The van der Waals surface area contributed by atoms with Gasteiger partial charge < -0.3 is 5.32 Å². The first-order valence-corrected chi connectivity index (χ1v) is 8.93. The van der Waals surface area contributed by atoms with Gasteiger partial charge in [-0.15, -0.1) is 10.2 Å². The molecule has 0 atom stereocenters. The number of fused-ring (bicyclic) bond motifs is 1. The second-order valence-electron chi connectivity index (χ2n) is 5.86. The number of carbonyl (C=O) groups excluding carboxylic acids is 1. The van der Waals surface area contributed by atoms with Crippen molar-refractivity contribution >= 4 is 33.2 Å². The van der Waals surface area contributed by atoms with E-state index in [4.69, 9.17) is 0 Å². The minimum Gasteiger partial charge on any atom is -0.322 e. The smallest absolute Gasteiger partial charge is 0.259 e. The van der Waals surface area contributed by atoms with E-state index in [1.807, 2.05) is 71.3 Å². The molecule has 0 aliphatic rings. The molecule has 1 N–H and O–H groups in total. The van der Waals surface area contributed by atoms with E-state index in [0.717, 1.165) is 21.5 Å². The van der Waals surface area contributed by atoms with Crippen LogP contribution in [0.15, 0.2) is 77.4 Å². The number of halogens is 1. The molecule has 0 saturated carbocycles. The normalized spacial score (nSPS) is 10.8. The number of hydrogen-bond donors (Lipinski definition) is 1. The highest BCUT2D eigenvalue weighted by Crippen LogP contribution is 2.17. The number of aromatic nitrogens is 3. The SMILES string of the molecule is O=C(Nc1ccc(Br)cc1)c1cccn2c(Cc3ccccc3)nnc12. The van der Waals surface area contributed by atoms with Gasteiger partial charge in [-0.25, -0.2) is 0 Å². The maximum atomic E-state index is 12.7. The molecular formula is C20H15BrN4O. The second-order valence-corrected chi connectivity index (χ2v) is 6.77. The highest BCUT2D eigenvalue weighted by atomic mass is 79.9. The molecule has 128 valence electrons. The van der Waals surface area contributed by atoms with Crippen LogP contribution in [0.4, 0.5) is 5.69 Å². The van der Waals surface area contributed by atoms with Gasteiger partial charge in [0, 0.05) is 22.8 Å². The first-order valence-electron chi connectivity index (χ1n) is 8.14. The Balaban J connectivity index is 1.64. The van der Waals surface area contributed by atoms with Gasteiger partial charge in [-0.1, -0.05) is 46.3 Å². The van der Waals surface area contributed by atoms with Crippen molar-refractivity contribution < 1.29 is 4.79 Å². The van der Waals surface area contributed by atoms with Crippen LogP contribution in [-0.2, 0) is 6.42 Å². The fourth-order valence-corrected chi connectivity index (χ4v) is 3.04. The van der Waals surface area contributed by atoms with Gasteiger partial charge in [0.1, 0.15) is 5.82 Å². The average molecular weight is 407 g/mol. The summed E-state index contributed by atoms with van der Waals surface area (Å²) in [6.45, 7) is 0.